The molecule has 0 bridgehead atoms. The molecule has 0 saturated carbocycles. The molecular weight excluding hydrogens is 508 g/mol. The zero-order chi connectivity index (χ0) is 28.5. The minimum Gasteiger partial charge on any atom is -0.480 e. The first kappa shape index (κ1) is 29.4. The largest absolute Gasteiger partial charge is 0.480 e. The van der Waals surface area contributed by atoms with Crippen molar-refractivity contribution in [2.24, 2.45) is 22.2 Å². The van der Waals surface area contributed by atoms with Crippen molar-refractivity contribution in [3.8, 4) is 0 Å². The third kappa shape index (κ3) is 7.67. The van der Waals surface area contributed by atoms with Crippen LogP contribution in [0.5, 0.6) is 0 Å². The molecular formula is C25H36N8O6. The van der Waals surface area contributed by atoms with E-state index in [9.17, 15) is 29.4 Å². The highest BCUT2D eigenvalue weighted by atomic mass is 16.4. The van der Waals surface area contributed by atoms with Crippen molar-refractivity contribution < 1.29 is 29.4 Å². The zero-order valence-electron chi connectivity index (χ0n) is 21.5. The van der Waals surface area contributed by atoms with E-state index in [1.165, 1.54) is 0 Å². The number of benzene rings is 1. The number of carboxylic acid groups (broad SMARTS) is 1. The summed E-state index contributed by atoms with van der Waals surface area (Å²) in [4.78, 5) is 58.7. The van der Waals surface area contributed by atoms with E-state index in [0.29, 0.717) is 12.8 Å². The molecule has 0 radical (unpaired) electrons. The Morgan fingerprint density at radius 1 is 1.13 bits per heavy atom. The maximum absolute atomic E-state index is 13.2. The highest BCUT2D eigenvalue weighted by Gasteiger charge is 2.38. The van der Waals surface area contributed by atoms with Gasteiger partial charge in [0.2, 0.25) is 17.7 Å². The number of nitrogens with one attached hydrogen (secondary N) is 3. The van der Waals surface area contributed by atoms with Crippen molar-refractivity contribution in [2.45, 2.75) is 56.3 Å². The number of nitrogens with zero attached hydrogens (tertiary/aromatic N) is 2. The lowest BCUT2D eigenvalue weighted by Crippen LogP contribution is -2.58. The Bertz CT molecular complexity index is 1210. The number of likely N-dealkylation sites (tertiary alicyclic amines) is 1. The molecule has 1 aromatic heterocycles. The summed E-state index contributed by atoms with van der Waals surface area (Å²) in [6, 6.07) is 3.08. The summed E-state index contributed by atoms with van der Waals surface area (Å²) in [6.45, 7) is -0.356. The van der Waals surface area contributed by atoms with Gasteiger partial charge in [0.15, 0.2) is 5.96 Å². The highest BCUT2D eigenvalue weighted by molar-refractivity contribution is 5.94. The summed E-state index contributed by atoms with van der Waals surface area (Å²) in [6.07, 6.45) is 3.19. The Morgan fingerprint density at radius 2 is 1.85 bits per heavy atom. The smallest absolute Gasteiger partial charge is 0.326 e. The quantitative estimate of drug-likeness (QED) is 0.0798. The van der Waals surface area contributed by atoms with Crippen molar-refractivity contribution in [1.29, 1.82) is 0 Å². The highest BCUT2D eigenvalue weighted by Crippen LogP contribution is 2.20. The molecule has 0 aliphatic carbocycles. The van der Waals surface area contributed by atoms with Crippen molar-refractivity contribution in [3.63, 3.8) is 0 Å². The molecule has 1 fully saturated rings. The maximum atomic E-state index is 13.2. The fraction of sp³-hybridized carbons (Fsp3) is 0.480. The average Bonchev–Trinajstić information content (AvgIpc) is 3.56. The molecule has 1 aliphatic rings. The first-order chi connectivity index (χ1) is 18.6. The standard InChI is InChI=1S/C25H36N8O6/c26-16(11-14-12-30-17-6-2-1-5-15(14)17)21(35)31-18(7-3-9-29-25(27)28)22(36)32-19(13-34)23(37)33-10-4-8-20(33)24(38)39/h1-2,5-6,12,16,18-20,30,34H,3-4,7-11,13,26H2,(H,31,35)(H,32,36)(H,38,39)(H4,27,28,29)/t16-,18-,19-,20-/m0/s1. The molecule has 3 rings (SSSR count). The van der Waals surface area contributed by atoms with Crippen LogP contribution in [-0.4, -0.2) is 93.6 Å². The second-order valence-corrected chi connectivity index (χ2v) is 9.45. The molecule has 212 valence electrons. The minimum absolute atomic E-state index is 0.113. The molecule has 1 saturated heterocycles. The summed E-state index contributed by atoms with van der Waals surface area (Å²) in [5, 5.41) is 25.2. The molecule has 0 unspecified atom stereocenters. The maximum Gasteiger partial charge on any atom is 0.326 e. The van der Waals surface area contributed by atoms with E-state index >= 15 is 0 Å². The molecule has 1 aliphatic heterocycles. The number of aliphatic carboxylic acids is 1. The van der Waals surface area contributed by atoms with Gasteiger partial charge >= 0.3 is 5.97 Å². The van der Waals surface area contributed by atoms with E-state index in [4.69, 9.17) is 17.2 Å². The van der Waals surface area contributed by atoms with Gasteiger partial charge in [-0.1, -0.05) is 18.2 Å². The van der Waals surface area contributed by atoms with E-state index in [-0.39, 0.29) is 38.3 Å². The fourth-order valence-electron chi connectivity index (χ4n) is 4.63. The van der Waals surface area contributed by atoms with Gasteiger partial charge in [0, 0.05) is 30.2 Å². The van der Waals surface area contributed by atoms with E-state index in [2.05, 4.69) is 20.6 Å². The second-order valence-electron chi connectivity index (χ2n) is 9.45. The number of carboxylic acids is 1. The summed E-state index contributed by atoms with van der Waals surface area (Å²) in [5.41, 5.74) is 18.6. The number of carbonyl (C=O) groups excluding carboxylic acids is 3. The van der Waals surface area contributed by atoms with E-state index in [1.807, 2.05) is 24.3 Å². The number of rotatable bonds is 13. The van der Waals surface area contributed by atoms with Gasteiger partial charge < -0.3 is 47.9 Å². The van der Waals surface area contributed by atoms with Gasteiger partial charge in [-0.2, -0.15) is 0 Å². The summed E-state index contributed by atoms with van der Waals surface area (Å²) in [5.74, 6) is -3.30. The number of hydrogen-bond acceptors (Lipinski definition) is 7. The number of aliphatic hydroxyl groups is 1. The molecule has 2 heterocycles. The van der Waals surface area contributed by atoms with Crippen LogP contribution in [0.15, 0.2) is 35.5 Å². The number of fused-ring (bicyclic) bond motifs is 1. The van der Waals surface area contributed by atoms with Crippen molar-refractivity contribution in [1.82, 2.24) is 20.5 Å². The molecule has 39 heavy (non-hydrogen) atoms. The van der Waals surface area contributed by atoms with Gasteiger partial charge in [0.1, 0.15) is 18.1 Å². The van der Waals surface area contributed by atoms with Crippen LogP contribution in [0.1, 0.15) is 31.2 Å². The van der Waals surface area contributed by atoms with E-state index in [1.54, 1.807) is 6.20 Å². The lowest BCUT2D eigenvalue weighted by atomic mass is 10.0. The fourth-order valence-corrected chi connectivity index (χ4v) is 4.63. The normalized spacial score (nSPS) is 17.3. The van der Waals surface area contributed by atoms with Gasteiger partial charge in [0.25, 0.3) is 0 Å². The number of aliphatic hydroxyl groups excluding tert-OH is 1. The molecule has 1 aromatic carbocycles. The van der Waals surface area contributed by atoms with Crippen molar-refractivity contribution in [3.05, 3.63) is 36.0 Å². The summed E-state index contributed by atoms with van der Waals surface area (Å²) >= 11 is 0. The molecule has 14 nitrogen and oxygen atoms in total. The number of amides is 3. The monoisotopic (exact) mass is 544 g/mol. The van der Waals surface area contributed by atoms with Gasteiger partial charge in [-0.15, -0.1) is 0 Å². The lowest BCUT2D eigenvalue weighted by molar-refractivity contribution is -0.150. The Kier molecular flexibility index (Phi) is 10.2. The van der Waals surface area contributed by atoms with Gasteiger partial charge in [-0.3, -0.25) is 19.4 Å². The molecule has 4 atom stereocenters. The third-order valence-corrected chi connectivity index (χ3v) is 6.65. The number of H-pyrrole nitrogens is 1. The van der Waals surface area contributed by atoms with Gasteiger partial charge in [-0.25, -0.2) is 4.79 Å². The van der Waals surface area contributed by atoms with Crippen LogP contribution in [0.2, 0.25) is 0 Å². The predicted octanol–water partition coefficient (Wildman–Crippen LogP) is -1.87. The number of aliphatic imine (C=N–C) groups is 1. The van der Waals surface area contributed by atoms with E-state index < -0.39 is 54.5 Å². The Morgan fingerprint density at radius 3 is 2.54 bits per heavy atom. The van der Waals surface area contributed by atoms with Gasteiger partial charge in [0.05, 0.1) is 12.6 Å². The lowest BCUT2D eigenvalue weighted by Gasteiger charge is -2.28. The molecule has 3 amide bonds. The Hall–Kier alpha value is -4.17. The van der Waals surface area contributed by atoms with Crippen LogP contribution >= 0.6 is 0 Å². The molecule has 0 spiro atoms. The summed E-state index contributed by atoms with van der Waals surface area (Å²) < 4.78 is 0. The van der Waals surface area contributed by atoms with Crippen LogP contribution in [-0.2, 0) is 25.6 Å². The number of aromatic amines is 1. The summed E-state index contributed by atoms with van der Waals surface area (Å²) in [7, 11) is 0. The number of hydrogen-bond donors (Lipinski definition) is 8. The predicted molar refractivity (Wildman–Crippen MR) is 143 cm³/mol. The Labute approximate surface area is 225 Å². The van der Waals surface area contributed by atoms with Crippen molar-refractivity contribution >= 4 is 40.6 Å². The topological polar surface area (TPSA) is 242 Å². The molecule has 2 aromatic rings. The number of guanidine groups is 1. The zero-order valence-corrected chi connectivity index (χ0v) is 21.5. The average molecular weight is 545 g/mol. The van der Waals surface area contributed by atoms with Crippen LogP contribution in [0.4, 0.5) is 0 Å². The van der Waals surface area contributed by atoms with E-state index in [0.717, 1.165) is 21.4 Å². The SMILES string of the molecule is NC(N)=NCCC[C@H](NC(=O)[C@@H](N)Cc1c[nH]c2ccccc12)C(=O)N[C@@H](CO)C(=O)N1CCC[C@H]1C(=O)O. The van der Waals surface area contributed by atoms with Crippen LogP contribution in [0, 0.1) is 0 Å². The first-order valence-electron chi connectivity index (χ1n) is 12.7. The number of aromatic nitrogens is 1. The second kappa shape index (κ2) is 13.6. The van der Waals surface area contributed by atoms with Gasteiger partial charge in [-0.05, 0) is 43.7 Å². The van der Waals surface area contributed by atoms with Crippen LogP contribution < -0.4 is 27.8 Å². The Balaban J connectivity index is 1.68. The first-order valence-corrected chi connectivity index (χ1v) is 12.7. The number of para-hydroxylation sites is 1. The number of nitrogens with two attached hydrogens (primary N) is 3. The third-order valence-electron chi connectivity index (χ3n) is 6.65. The number of carbonyl (C=O) groups is 4. The van der Waals surface area contributed by atoms with Crippen molar-refractivity contribution in [2.75, 3.05) is 19.7 Å². The molecule has 14 heteroatoms. The van der Waals surface area contributed by atoms with Crippen LogP contribution in [0.25, 0.3) is 10.9 Å². The van der Waals surface area contributed by atoms with Crippen LogP contribution in [0.3, 0.4) is 0 Å². The molecule has 11 N–H and O–H groups in total. The minimum atomic E-state index is -1.38.